The number of carbonyl (C=O) groups is 3. The largest absolute Gasteiger partial charge is 0.481 e. The molecule has 9 nitrogen and oxygen atoms in total. The number of anilines is 2. The lowest BCUT2D eigenvalue weighted by molar-refractivity contribution is -0.142. The summed E-state index contributed by atoms with van der Waals surface area (Å²) < 4.78 is 19.9. The van der Waals surface area contributed by atoms with Crippen LogP contribution in [-0.2, 0) is 4.79 Å². The lowest BCUT2D eigenvalue weighted by atomic mass is 9.86. The Hall–Kier alpha value is -4.05. The summed E-state index contributed by atoms with van der Waals surface area (Å²) in [4.78, 5) is 41.2. The van der Waals surface area contributed by atoms with E-state index in [-0.39, 0.29) is 23.2 Å². The second-order valence-corrected chi connectivity index (χ2v) is 12.2. The van der Waals surface area contributed by atoms with Crippen LogP contribution in [0.5, 0.6) is 0 Å². The number of halogens is 1. The van der Waals surface area contributed by atoms with Crippen molar-refractivity contribution < 1.29 is 28.3 Å². The standard InChI is InChI=1S/C21H26FN3O3.C8H10.C7H13NO2/c1-4-8-25(9-5-2)19-11-16(22)15(13(3)26)10-17(19)23-20(27)18-12-28-21(24-18)14-6-7-14;1-7-5-3-4-6-8(7)2;8-6-3-1-2-5(4-6)7(9)10/h10-12,14H,4-9H2,1-3H3,(H,23,27);3-6H,1-2H3;5-6H,1-4,8H2,(H,9,10). The van der Waals surface area contributed by atoms with Crippen LogP contribution in [0.25, 0.3) is 0 Å². The van der Waals surface area contributed by atoms with Gasteiger partial charge in [0.15, 0.2) is 17.4 Å². The van der Waals surface area contributed by atoms with Gasteiger partial charge in [0.25, 0.3) is 5.91 Å². The average molecular weight is 637 g/mol. The Morgan fingerprint density at radius 2 is 1.67 bits per heavy atom. The van der Waals surface area contributed by atoms with Crippen LogP contribution in [0.1, 0.15) is 116 Å². The molecule has 5 rings (SSSR count). The number of aromatic nitrogens is 1. The molecule has 250 valence electrons. The summed E-state index contributed by atoms with van der Waals surface area (Å²) >= 11 is 0. The van der Waals surface area contributed by atoms with E-state index in [2.05, 4.69) is 48.4 Å². The van der Waals surface area contributed by atoms with Crippen LogP contribution in [-0.4, -0.2) is 46.9 Å². The summed E-state index contributed by atoms with van der Waals surface area (Å²) in [5.74, 6) is -1.40. The number of nitrogens with one attached hydrogen (secondary N) is 1. The predicted molar refractivity (Wildman–Crippen MR) is 179 cm³/mol. The van der Waals surface area contributed by atoms with Crippen LogP contribution in [0.3, 0.4) is 0 Å². The number of benzene rings is 2. The third kappa shape index (κ3) is 10.8. The minimum atomic E-state index is -0.685. The topological polar surface area (TPSA) is 139 Å². The van der Waals surface area contributed by atoms with E-state index in [0.29, 0.717) is 42.7 Å². The molecule has 1 heterocycles. The number of nitrogens with zero attached hydrogens (tertiary/aromatic N) is 2. The van der Waals surface area contributed by atoms with Crippen LogP contribution >= 0.6 is 0 Å². The number of hydrogen-bond acceptors (Lipinski definition) is 7. The Kier molecular flexibility index (Phi) is 13.9. The lowest BCUT2D eigenvalue weighted by Crippen LogP contribution is -2.31. The van der Waals surface area contributed by atoms with Gasteiger partial charge in [0, 0.05) is 31.1 Å². The summed E-state index contributed by atoms with van der Waals surface area (Å²) in [5.41, 5.74) is 9.42. The molecule has 1 aromatic heterocycles. The fourth-order valence-electron chi connectivity index (χ4n) is 5.30. The van der Waals surface area contributed by atoms with Gasteiger partial charge in [0.05, 0.1) is 22.9 Å². The summed E-state index contributed by atoms with van der Waals surface area (Å²) in [6, 6.07) is 11.2. The van der Waals surface area contributed by atoms with Crippen molar-refractivity contribution in [3.05, 3.63) is 76.8 Å². The SMILES string of the molecule is CCCN(CCC)c1cc(F)c(C(C)=O)cc1NC(=O)c1coc(C2CC2)n1.Cc1ccccc1C.NC1CCCC(C(=O)O)C1. The average Bonchev–Trinajstić information content (AvgIpc) is 3.75. The van der Waals surface area contributed by atoms with Crippen molar-refractivity contribution in [1.29, 1.82) is 0 Å². The molecule has 0 spiro atoms. The van der Waals surface area contributed by atoms with Crippen LogP contribution in [0, 0.1) is 25.6 Å². The van der Waals surface area contributed by atoms with Gasteiger partial charge in [-0.05, 0) is 82.9 Å². The maximum atomic E-state index is 14.5. The highest BCUT2D eigenvalue weighted by atomic mass is 19.1. The lowest BCUT2D eigenvalue weighted by Gasteiger charge is -2.27. The van der Waals surface area contributed by atoms with Crippen molar-refractivity contribution in [2.45, 2.75) is 97.9 Å². The maximum absolute atomic E-state index is 14.5. The molecule has 3 aromatic rings. The van der Waals surface area contributed by atoms with Gasteiger partial charge in [-0.2, -0.15) is 0 Å². The number of carboxylic acid groups (broad SMARTS) is 1. The number of ketones is 1. The summed E-state index contributed by atoms with van der Waals surface area (Å²) in [7, 11) is 0. The van der Waals surface area contributed by atoms with Crippen LogP contribution in [0.4, 0.5) is 15.8 Å². The predicted octanol–water partition coefficient (Wildman–Crippen LogP) is 7.66. The minimum Gasteiger partial charge on any atom is -0.481 e. The Labute approximate surface area is 271 Å². The molecule has 0 saturated heterocycles. The zero-order valence-corrected chi connectivity index (χ0v) is 27.8. The Bertz CT molecular complexity index is 1440. The maximum Gasteiger partial charge on any atom is 0.306 e. The molecular formula is C36H49FN4O5. The molecule has 2 atom stereocenters. The summed E-state index contributed by atoms with van der Waals surface area (Å²) in [6.45, 7) is 11.0. The van der Waals surface area contributed by atoms with E-state index in [1.165, 1.54) is 36.4 Å². The number of carboxylic acids is 1. The van der Waals surface area contributed by atoms with Gasteiger partial charge in [-0.25, -0.2) is 9.37 Å². The second kappa shape index (κ2) is 17.6. The third-order valence-corrected chi connectivity index (χ3v) is 8.21. The highest BCUT2D eigenvalue weighted by Gasteiger charge is 2.30. The third-order valence-electron chi connectivity index (χ3n) is 8.21. The highest BCUT2D eigenvalue weighted by Crippen LogP contribution is 2.39. The van der Waals surface area contributed by atoms with Gasteiger partial charge in [-0.15, -0.1) is 0 Å². The molecule has 2 saturated carbocycles. The first kappa shape index (κ1) is 36.4. The van der Waals surface area contributed by atoms with Gasteiger partial charge < -0.3 is 25.5 Å². The monoisotopic (exact) mass is 636 g/mol. The van der Waals surface area contributed by atoms with Gasteiger partial charge in [0.2, 0.25) is 0 Å². The molecule has 2 fully saturated rings. The molecular weight excluding hydrogens is 587 g/mol. The molecule has 2 aromatic carbocycles. The molecule has 2 aliphatic rings. The van der Waals surface area contributed by atoms with Crippen molar-refractivity contribution in [3.8, 4) is 0 Å². The van der Waals surface area contributed by atoms with E-state index >= 15 is 0 Å². The van der Waals surface area contributed by atoms with E-state index in [0.717, 1.165) is 44.9 Å². The van der Waals surface area contributed by atoms with E-state index in [9.17, 15) is 18.8 Å². The number of nitrogens with two attached hydrogens (primary N) is 1. The van der Waals surface area contributed by atoms with E-state index in [1.54, 1.807) is 0 Å². The summed E-state index contributed by atoms with van der Waals surface area (Å²) in [5, 5.41) is 11.4. The van der Waals surface area contributed by atoms with E-state index in [1.807, 2.05) is 18.7 Å². The van der Waals surface area contributed by atoms with Gasteiger partial charge in [-0.1, -0.05) is 44.5 Å². The van der Waals surface area contributed by atoms with Crippen LogP contribution < -0.4 is 16.0 Å². The molecule has 2 aliphatic carbocycles. The molecule has 2 unspecified atom stereocenters. The van der Waals surface area contributed by atoms with Crippen molar-refractivity contribution in [2.75, 3.05) is 23.3 Å². The van der Waals surface area contributed by atoms with Gasteiger partial charge >= 0.3 is 5.97 Å². The second-order valence-electron chi connectivity index (χ2n) is 12.2. The Balaban J connectivity index is 0.000000259. The Morgan fingerprint density at radius 3 is 2.15 bits per heavy atom. The first-order valence-corrected chi connectivity index (χ1v) is 16.3. The summed E-state index contributed by atoms with van der Waals surface area (Å²) in [6.07, 6.45) is 8.56. The van der Waals surface area contributed by atoms with Crippen LogP contribution in [0.15, 0.2) is 47.1 Å². The number of amides is 1. The first-order chi connectivity index (χ1) is 21.9. The molecule has 1 amide bonds. The highest BCUT2D eigenvalue weighted by molar-refractivity contribution is 6.06. The first-order valence-electron chi connectivity index (χ1n) is 16.3. The normalized spacial score (nSPS) is 17.1. The smallest absolute Gasteiger partial charge is 0.306 e. The fraction of sp³-hybridized carbons (Fsp3) is 0.500. The molecule has 46 heavy (non-hydrogen) atoms. The van der Waals surface area contributed by atoms with Crippen molar-refractivity contribution in [1.82, 2.24) is 4.98 Å². The van der Waals surface area contributed by atoms with Gasteiger partial charge in [0.1, 0.15) is 12.1 Å². The number of oxazole rings is 1. The van der Waals surface area contributed by atoms with Crippen molar-refractivity contribution in [2.24, 2.45) is 11.7 Å². The quantitative estimate of drug-likeness (QED) is 0.193. The van der Waals surface area contributed by atoms with E-state index in [4.69, 9.17) is 15.3 Å². The zero-order valence-electron chi connectivity index (χ0n) is 27.8. The number of Topliss-reactive ketones (excluding diaryl/α,β-unsaturated/α-hetero) is 1. The molecule has 0 radical (unpaired) electrons. The zero-order chi connectivity index (χ0) is 33.8. The van der Waals surface area contributed by atoms with E-state index < -0.39 is 23.5 Å². The van der Waals surface area contributed by atoms with Gasteiger partial charge in [-0.3, -0.25) is 14.4 Å². The number of aryl methyl sites for hydroxylation is 2. The molecule has 0 aliphatic heterocycles. The van der Waals surface area contributed by atoms with Crippen molar-refractivity contribution in [3.63, 3.8) is 0 Å². The number of rotatable bonds is 10. The number of hydrogen-bond donors (Lipinski definition) is 3. The number of carbonyl (C=O) groups excluding carboxylic acids is 2. The molecule has 4 N–H and O–H groups in total. The van der Waals surface area contributed by atoms with Crippen molar-refractivity contribution >= 4 is 29.0 Å². The molecule has 0 bridgehead atoms. The van der Waals surface area contributed by atoms with Crippen LogP contribution in [0.2, 0.25) is 0 Å². The Morgan fingerprint density at radius 1 is 1.04 bits per heavy atom. The molecule has 10 heteroatoms. The minimum absolute atomic E-state index is 0.0502. The fourth-order valence-corrected chi connectivity index (χ4v) is 5.30. The number of aliphatic carboxylic acids is 1.